The summed E-state index contributed by atoms with van der Waals surface area (Å²) in [5.74, 6) is -2.08. The fourth-order valence-electron chi connectivity index (χ4n) is 2.33. The minimum absolute atomic E-state index is 0.165. The summed E-state index contributed by atoms with van der Waals surface area (Å²) in [6.45, 7) is 2.70. The van der Waals surface area contributed by atoms with Crippen molar-refractivity contribution in [1.29, 1.82) is 0 Å². The van der Waals surface area contributed by atoms with Gasteiger partial charge < -0.3 is 9.47 Å². The minimum Gasteiger partial charge on any atom is -0.456 e. The SMILES string of the molecule is CC(=O)OC1=C(NC(=O)CCCBr)OC(C)(c2cccc(Cl)c2)C1=O. The average molecular weight is 431 g/mol. The van der Waals surface area contributed by atoms with Crippen LogP contribution in [0.1, 0.15) is 32.3 Å². The van der Waals surface area contributed by atoms with E-state index in [1.807, 2.05) is 0 Å². The van der Waals surface area contributed by atoms with Gasteiger partial charge in [-0.25, -0.2) is 0 Å². The molecule has 0 bridgehead atoms. The van der Waals surface area contributed by atoms with Crippen molar-refractivity contribution in [3.63, 3.8) is 0 Å². The number of amides is 1. The number of Topliss-reactive ketones (excluding diaryl/α,β-unsaturated/α-hetero) is 1. The molecule has 1 unspecified atom stereocenters. The van der Waals surface area contributed by atoms with Crippen molar-refractivity contribution < 1.29 is 23.9 Å². The third-order valence-electron chi connectivity index (χ3n) is 3.56. The van der Waals surface area contributed by atoms with Crippen LogP contribution in [0.5, 0.6) is 0 Å². The van der Waals surface area contributed by atoms with Gasteiger partial charge in [0.15, 0.2) is 5.60 Å². The van der Waals surface area contributed by atoms with E-state index in [-0.39, 0.29) is 24.0 Å². The van der Waals surface area contributed by atoms with Crippen molar-refractivity contribution in [3.8, 4) is 0 Å². The Kier molecular flexibility index (Phi) is 6.24. The highest BCUT2D eigenvalue weighted by Gasteiger charge is 2.49. The van der Waals surface area contributed by atoms with Gasteiger partial charge in [-0.05, 0) is 25.5 Å². The van der Waals surface area contributed by atoms with E-state index in [4.69, 9.17) is 21.1 Å². The van der Waals surface area contributed by atoms with Crippen molar-refractivity contribution in [2.75, 3.05) is 5.33 Å². The number of carbonyl (C=O) groups is 3. The molecule has 1 aliphatic heterocycles. The predicted molar refractivity (Wildman–Crippen MR) is 94.9 cm³/mol. The molecule has 0 spiro atoms. The summed E-state index contributed by atoms with van der Waals surface area (Å²) in [4.78, 5) is 36.1. The van der Waals surface area contributed by atoms with Crippen LogP contribution >= 0.6 is 27.5 Å². The highest BCUT2D eigenvalue weighted by molar-refractivity contribution is 9.09. The minimum atomic E-state index is -1.45. The summed E-state index contributed by atoms with van der Waals surface area (Å²) in [5, 5.41) is 3.60. The molecule has 6 nitrogen and oxygen atoms in total. The van der Waals surface area contributed by atoms with E-state index in [1.54, 1.807) is 24.3 Å². The van der Waals surface area contributed by atoms with Crippen molar-refractivity contribution in [2.45, 2.75) is 32.3 Å². The quantitative estimate of drug-likeness (QED) is 0.554. The Hall–Kier alpha value is -1.86. The second-order valence-electron chi connectivity index (χ2n) is 5.57. The smallest absolute Gasteiger partial charge is 0.308 e. The first kappa shape index (κ1) is 19.5. The molecular weight excluding hydrogens is 414 g/mol. The van der Waals surface area contributed by atoms with E-state index in [0.29, 0.717) is 22.3 Å². The van der Waals surface area contributed by atoms with Gasteiger partial charge in [-0.15, -0.1) is 0 Å². The molecule has 1 aromatic carbocycles. The number of alkyl halides is 1. The first-order valence-corrected chi connectivity index (χ1v) is 9.06. The molecule has 0 aliphatic carbocycles. The van der Waals surface area contributed by atoms with E-state index < -0.39 is 17.4 Å². The highest BCUT2D eigenvalue weighted by atomic mass is 79.9. The summed E-state index contributed by atoms with van der Waals surface area (Å²) in [6, 6.07) is 6.60. The molecule has 1 aliphatic rings. The van der Waals surface area contributed by atoms with Gasteiger partial charge in [0.2, 0.25) is 17.5 Å². The number of ether oxygens (including phenoxy) is 2. The Morgan fingerprint density at radius 2 is 2.12 bits per heavy atom. The van der Waals surface area contributed by atoms with Gasteiger partial charge in [-0.3, -0.25) is 19.7 Å². The average Bonchev–Trinajstić information content (AvgIpc) is 2.78. The lowest BCUT2D eigenvalue weighted by molar-refractivity contribution is -0.142. The molecule has 8 heteroatoms. The lowest BCUT2D eigenvalue weighted by atomic mass is 9.92. The molecule has 1 heterocycles. The second-order valence-corrected chi connectivity index (χ2v) is 6.80. The number of hydrogen-bond donors (Lipinski definition) is 1. The maximum atomic E-state index is 12.8. The van der Waals surface area contributed by atoms with E-state index in [0.717, 1.165) is 0 Å². The van der Waals surface area contributed by atoms with Gasteiger partial charge in [-0.2, -0.15) is 0 Å². The van der Waals surface area contributed by atoms with Crippen LogP contribution in [-0.2, 0) is 29.5 Å². The summed E-state index contributed by atoms with van der Waals surface area (Å²) in [6.07, 6.45) is 0.842. The van der Waals surface area contributed by atoms with Crippen molar-refractivity contribution >= 4 is 45.2 Å². The molecule has 0 saturated carbocycles. The fourth-order valence-corrected chi connectivity index (χ4v) is 2.80. The first-order chi connectivity index (χ1) is 11.8. The van der Waals surface area contributed by atoms with E-state index in [1.165, 1.54) is 13.8 Å². The van der Waals surface area contributed by atoms with Gasteiger partial charge in [0.05, 0.1) is 0 Å². The topological polar surface area (TPSA) is 81.7 Å². The molecule has 1 N–H and O–H groups in total. The van der Waals surface area contributed by atoms with Gasteiger partial charge in [0.1, 0.15) is 0 Å². The van der Waals surface area contributed by atoms with Crippen LogP contribution in [0.3, 0.4) is 0 Å². The van der Waals surface area contributed by atoms with Gasteiger partial charge in [0.25, 0.3) is 5.78 Å². The summed E-state index contributed by atoms with van der Waals surface area (Å²) >= 11 is 9.23. The third kappa shape index (κ3) is 4.41. The maximum Gasteiger partial charge on any atom is 0.308 e. The van der Waals surface area contributed by atoms with Crippen molar-refractivity contribution in [2.24, 2.45) is 0 Å². The molecule has 25 heavy (non-hydrogen) atoms. The second kappa shape index (κ2) is 8.01. The predicted octanol–water partition coefficient (Wildman–Crippen LogP) is 3.18. The molecule has 2 rings (SSSR count). The van der Waals surface area contributed by atoms with E-state index >= 15 is 0 Å². The number of carbonyl (C=O) groups excluding carboxylic acids is 3. The van der Waals surface area contributed by atoms with Crippen LogP contribution in [0, 0.1) is 0 Å². The van der Waals surface area contributed by atoms with Gasteiger partial charge >= 0.3 is 5.97 Å². The van der Waals surface area contributed by atoms with Crippen LogP contribution in [0.15, 0.2) is 35.9 Å². The number of rotatable bonds is 6. The summed E-state index contributed by atoms with van der Waals surface area (Å²) in [7, 11) is 0. The van der Waals surface area contributed by atoms with Gasteiger partial charge in [0, 0.05) is 29.3 Å². The Morgan fingerprint density at radius 3 is 2.72 bits per heavy atom. The van der Waals surface area contributed by atoms with Crippen molar-refractivity contribution in [3.05, 3.63) is 46.5 Å². The normalized spacial score (nSPS) is 19.6. The Balaban J connectivity index is 2.33. The lowest BCUT2D eigenvalue weighted by Crippen LogP contribution is -2.32. The van der Waals surface area contributed by atoms with Crippen LogP contribution < -0.4 is 5.32 Å². The standard InChI is InChI=1S/C17H17BrClNO5/c1-10(21)24-14-15(23)17(2,11-5-3-6-12(19)9-11)25-16(14)20-13(22)7-4-8-18/h3,5-6,9H,4,7-8H2,1-2H3,(H,20,22). The summed E-state index contributed by atoms with van der Waals surface area (Å²) < 4.78 is 10.7. The highest BCUT2D eigenvalue weighted by Crippen LogP contribution is 2.39. The molecular formula is C17H17BrClNO5. The Labute approximate surface area is 158 Å². The monoisotopic (exact) mass is 429 g/mol. The maximum absolute atomic E-state index is 12.8. The van der Waals surface area contributed by atoms with E-state index in [2.05, 4.69) is 21.2 Å². The van der Waals surface area contributed by atoms with Gasteiger partial charge in [-0.1, -0.05) is 39.7 Å². The zero-order valence-corrected chi connectivity index (χ0v) is 16.1. The van der Waals surface area contributed by atoms with Crippen LogP contribution in [0.4, 0.5) is 0 Å². The number of esters is 1. The molecule has 134 valence electrons. The molecule has 0 radical (unpaired) electrons. The molecule has 1 aromatic rings. The largest absolute Gasteiger partial charge is 0.456 e. The van der Waals surface area contributed by atoms with E-state index in [9.17, 15) is 14.4 Å². The third-order valence-corrected chi connectivity index (χ3v) is 4.36. The Morgan fingerprint density at radius 1 is 1.40 bits per heavy atom. The first-order valence-electron chi connectivity index (χ1n) is 7.56. The number of hydrogen-bond acceptors (Lipinski definition) is 5. The summed E-state index contributed by atoms with van der Waals surface area (Å²) in [5.41, 5.74) is -0.965. The zero-order valence-electron chi connectivity index (χ0n) is 13.7. The molecule has 0 saturated heterocycles. The Bertz CT molecular complexity index is 748. The fraction of sp³-hybridized carbons (Fsp3) is 0.353. The molecule has 1 amide bonds. The zero-order chi connectivity index (χ0) is 18.6. The molecule has 1 atom stereocenters. The number of benzene rings is 1. The van der Waals surface area contributed by atoms with Crippen molar-refractivity contribution in [1.82, 2.24) is 5.32 Å². The number of halogens is 2. The van der Waals surface area contributed by atoms with Crippen LogP contribution in [0.2, 0.25) is 5.02 Å². The van der Waals surface area contributed by atoms with Crippen LogP contribution in [-0.4, -0.2) is 23.0 Å². The number of nitrogens with one attached hydrogen (secondary N) is 1. The lowest BCUT2D eigenvalue weighted by Gasteiger charge is -2.23. The number of ketones is 1. The molecule has 0 fully saturated rings. The molecule has 0 aromatic heterocycles. The van der Waals surface area contributed by atoms with Crippen LogP contribution in [0.25, 0.3) is 0 Å².